The van der Waals surface area contributed by atoms with Gasteiger partial charge >= 0.3 is 0 Å². The van der Waals surface area contributed by atoms with Crippen molar-refractivity contribution in [2.45, 2.75) is 0 Å². The van der Waals surface area contributed by atoms with E-state index in [4.69, 9.17) is 0 Å². The summed E-state index contributed by atoms with van der Waals surface area (Å²) in [5.41, 5.74) is 0. The molecule has 0 heterocycles. The van der Waals surface area contributed by atoms with Crippen molar-refractivity contribution in [3.8, 4) is 0 Å². The Bertz CT molecular complexity index is 146. The number of nitrogens with zero attached hydrogens (tertiary/aromatic N) is 1. The van der Waals surface area contributed by atoms with E-state index in [1.807, 2.05) is 43.4 Å². The maximum absolute atomic E-state index is 3.06. The Hall–Kier alpha value is -0.860. The van der Waals surface area contributed by atoms with E-state index in [2.05, 4.69) is 24.3 Å². The quantitative estimate of drug-likeness (QED) is 0.757. The average Bonchev–Trinajstić information content (AvgIpc) is 2.18. The molecule has 0 aliphatic carbocycles. The molecule has 0 amide bonds. The highest BCUT2D eigenvalue weighted by molar-refractivity contribution is 4.99. The lowest BCUT2D eigenvalue weighted by Gasteiger charge is -2.06. The van der Waals surface area contributed by atoms with Crippen LogP contribution in [0.25, 0.3) is 0 Å². The van der Waals surface area contributed by atoms with Crippen molar-refractivity contribution in [3.63, 3.8) is 0 Å². The van der Waals surface area contributed by atoms with Crippen LogP contribution in [0.15, 0.2) is 36.4 Å². The molecule has 74 valence electrons. The molecule has 0 spiro atoms. The monoisotopic (exact) mass is 180 g/mol. The van der Waals surface area contributed by atoms with Crippen LogP contribution >= 0.6 is 0 Å². The molecule has 0 aromatic heterocycles. The van der Waals surface area contributed by atoms with Crippen LogP contribution in [0.5, 0.6) is 0 Å². The first kappa shape index (κ1) is 12.1. The molecule has 1 aromatic carbocycles. The van der Waals surface area contributed by atoms with Crippen LogP contribution in [0.1, 0.15) is 0 Å². The smallest absolute Gasteiger partial charge is 0.0101 e. The molecule has 1 aromatic rings. The molecule has 13 heavy (non-hydrogen) atoms. The summed E-state index contributed by atoms with van der Waals surface area (Å²) in [4.78, 5) is 2.15. The summed E-state index contributed by atoms with van der Waals surface area (Å²) in [6.07, 6.45) is 0. The second-order valence-corrected chi connectivity index (χ2v) is 3.06. The summed E-state index contributed by atoms with van der Waals surface area (Å²) in [6.45, 7) is 2.20. The summed E-state index contributed by atoms with van der Waals surface area (Å²) in [6, 6.07) is 12.0. The van der Waals surface area contributed by atoms with Crippen LogP contribution in [0.2, 0.25) is 0 Å². The van der Waals surface area contributed by atoms with Gasteiger partial charge in [0.1, 0.15) is 0 Å². The molecule has 0 unspecified atom stereocenters. The van der Waals surface area contributed by atoms with Gasteiger partial charge in [-0.25, -0.2) is 0 Å². The van der Waals surface area contributed by atoms with Gasteiger partial charge in [0.15, 0.2) is 0 Å². The third-order valence-corrected chi connectivity index (χ3v) is 1.48. The van der Waals surface area contributed by atoms with Crippen LogP contribution in [-0.2, 0) is 0 Å². The van der Waals surface area contributed by atoms with Crippen molar-refractivity contribution >= 4 is 0 Å². The average molecular weight is 180 g/mol. The number of hydrogen-bond donors (Lipinski definition) is 1. The number of hydrogen-bond acceptors (Lipinski definition) is 2. The maximum Gasteiger partial charge on any atom is 0.0101 e. The van der Waals surface area contributed by atoms with Gasteiger partial charge in [0.05, 0.1) is 0 Å². The van der Waals surface area contributed by atoms with Crippen molar-refractivity contribution < 1.29 is 0 Å². The van der Waals surface area contributed by atoms with Crippen molar-refractivity contribution in [3.05, 3.63) is 36.4 Å². The Morgan fingerprint density at radius 1 is 0.923 bits per heavy atom. The molecule has 0 saturated heterocycles. The van der Waals surface area contributed by atoms with Gasteiger partial charge in [-0.1, -0.05) is 36.4 Å². The molecule has 0 aliphatic rings. The van der Waals surface area contributed by atoms with E-state index in [-0.39, 0.29) is 0 Å². The zero-order valence-corrected chi connectivity index (χ0v) is 8.83. The van der Waals surface area contributed by atoms with E-state index in [1.54, 1.807) is 0 Å². The third-order valence-electron chi connectivity index (χ3n) is 1.48. The van der Waals surface area contributed by atoms with Crippen LogP contribution in [-0.4, -0.2) is 39.1 Å². The summed E-state index contributed by atoms with van der Waals surface area (Å²) >= 11 is 0. The van der Waals surface area contributed by atoms with Crippen LogP contribution in [0.3, 0.4) is 0 Å². The lowest BCUT2D eigenvalue weighted by Crippen LogP contribution is -2.23. The van der Waals surface area contributed by atoms with Gasteiger partial charge in [-0.15, -0.1) is 0 Å². The van der Waals surface area contributed by atoms with Crippen LogP contribution < -0.4 is 5.32 Å². The zero-order valence-electron chi connectivity index (χ0n) is 8.83. The Kier molecular flexibility index (Phi) is 8.62. The highest BCUT2D eigenvalue weighted by Crippen LogP contribution is 1.79. The summed E-state index contributed by atoms with van der Waals surface area (Å²) in [7, 11) is 6.10. The summed E-state index contributed by atoms with van der Waals surface area (Å²) < 4.78 is 0. The van der Waals surface area contributed by atoms with E-state index >= 15 is 0 Å². The van der Waals surface area contributed by atoms with Crippen molar-refractivity contribution in [1.82, 2.24) is 10.2 Å². The van der Waals surface area contributed by atoms with Crippen molar-refractivity contribution in [1.29, 1.82) is 0 Å². The molecule has 2 nitrogen and oxygen atoms in total. The number of nitrogens with one attached hydrogen (secondary N) is 1. The van der Waals surface area contributed by atoms with Crippen LogP contribution in [0, 0.1) is 0 Å². The maximum atomic E-state index is 3.06. The number of rotatable bonds is 3. The van der Waals surface area contributed by atoms with Gasteiger partial charge in [0.25, 0.3) is 0 Å². The molecule has 0 fully saturated rings. The molecular weight excluding hydrogens is 160 g/mol. The molecule has 0 bridgehead atoms. The SMILES string of the molecule is CNCCN(C)C.c1ccccc1. The molecule has 0 atom stereocenters. The number of likely N-dealkylation sites (N-methyl/N-ethyl adjacent to an activating group) is 2. The fourth-order valence-electron chi connectivity index (χ4n) is 0.720. The molecule has 0 saturated carbocycles. The van der Waals surface area contributed by atoms with Crippen molar-refractivity contribution in [2.75, 3.05) is 34.2 Å². The van der Waals surface area contributed by atoms with Gasteiger partial charge < -0.3 is 10.2 Å². The van der Waals surface area contributed by atoms with Gasteiger partial charge in [0.2, 0.25) is 0 Å². The molecule has 2 heteroatoms. The second kappa shape index (κ2) is 9.23. The molecule has 0 radical (unpaired) electrons. The van der Waals surface area contributed by atoms with Crippen molar-refractivity contribution in [2.24, 2.45) is 0 Å². The predicted molar refractivity (Wildman–Crippen MR) is 58.9 cm³/mol. The van der Waals surface area contributed by atoms with Gasteiger partial charge in [-0.05, 0) is 21.1 Å². The molecular formula is C11H20N2. The van der Waals surface area contributed by atoms with E-state index in [0.29, 0.717) is 0 Å². The highest BCUT2D eigenvalue weighted by atomic mass is 15.1. The van der Waals surface area contributed by atoms with Crippen LogP contribution in [0.4, 0.5) is 0 Å². The fraction of sp³-hybridized carbons (Fsp3) is 0.455. The van der Waals surface area contributed by atoms with E-state index in [9.17, 15) is 0 Å². The minimum absolute atomic E-state index is 1.08. The highest BCUT2D eigenvalue weighted by Gasteiger charge is 1.82. The summed E-state index contributed by atoms with van der Waals surface area (Å²) in [5.74, 6) is 0. The first-order valence-corrected chi connectivity index (χ1v) is 4.56. The zero-order chi connectivity index (χ0) is 9.94. The Morgan fingerprint density at radius 3 is 1.46 bits per heavy atom. The minimum atomic E-state index is 1.08. The lowest BCUT2D eigenvalue weighted by molar-refractivity contribution is 0.407. The third kappa shape index (κ3) is 11.1. The second-order valence-electron chi connectivity index (χ2n) is 3.06. The van der Waals surface area contributed by atoms with Gasteiger partial charge in [-0.2, -0.15) is 0 Å². The molecule has 1 rings (SSSR count). The first-order valence-electron chi connectivity index (χ1n) is 4.56. The largest absolute Gasteiger partial charge is 0.318 e. The Balaban J connectivity index is 0.000000223. The minimum Gasteiger partial charge on any atom is -0.318 e. The standard InChI is InChI=1S/C6H6.C5H14N2/c1-2-4-6-5-3-1;1-6-4-5-7(2)3/h1-6H;6H,4-5H2,1-3H3. The number of benzene rings is 1. The normalized spacial score (nSPS) is 9.23. The Labute approximate surface area is 81.6 Å². The van der Waals surface area contributed by atoms with Gasteiger partial charge in [-0.3, -0.25) is 0 Å². The topological polar surface area (TPSA) is 15.3 Å². The summed E-state index contributed by atoms with van der Waals surface area (Å²) in [5, 5.41) is 3.06. The fourth-order valence-corrected chi connectivity index (χ4v) is 0.720. The van der Waals surface area contributed by atoms with E-state index in [1.165, 1.54) is 0 Å². The van der Waals surface area contributed by atoms with E-state index in [0.717, 1.165) is 13.1 Å². The van der Waals surface area contributed by atoms with Gasteiger partial charge in [0, 0.05) is 13.1 Å². The molecule has 0 aliphatic heterocycles. The van der Waals surface area contributed by atoms with E-state index < -0.39 is 0 Å². The first-order chi connectivity index (χ1) is 6.27. The Morgan fingerprint density at radius 2 is 1.31 bits per heavy atom. The molecule has 1 N–H and O–H groups in total. The predicted octanol–water partition coefficient (Wildman–Crippen LogP) is 1.45. The lowest BCUT2D eigenvalue weighted by atomic mass is 10.4.